The molecule has 7 unspecified atom stereocenters. The zero-order chi connectivity index (χ0) is 10.3. The van der Waals surface area contributed by atoms with Gasteiger partial charge in [-0.3, -0.25) is 0 Å². The van der Waals surface area contributed by atoms with Crippen LogP contribution in [0.5, 0.6) is 0 Å². The average Bonchev–Trinajstić information content (AvgIpc) is 3.01. The Morgan fingerprint density at radius 1 is 1.06 bits per heavy atom. The van der Waals surface area contributed by atoms with Crippen LogP contribution in [-0.2, 0) is 14.2 Å². The summed E-state index contributed by atoms with van der Waals surface area (Å²) in [6.07, 6.45) is 8.43. The van der Waals surface area contributed by atoms with Crippen molar-refractivity contribution < 1.29 is 14.2 Å². The van der Waals surface area contributed by atoms with E-state index in [0.717, 1.165) is 13.2 Å². The molecule has 0 aromatic heterocycles. The van der Waals surface area contributed by atoms with Gasteiger partial charge in [0.05, 0.1) is 31.0 Å². The summed E-state index contributed by atoms with van der Waals surface area (Å²) in [5.74, 6) is 1.27. The summed E-state index contributed by atoms with van der Waals surface area (Å²) in [5.41, 5.74) is 0.341. The Morgan fingerprint density at radius 3 is 2.75 bits per heavy atom. The second-order valence-corrected chi connectivity index (χ2v) is 6.07. The van der Waals surface area contributed by atoms with E-state index in [1.54, 1.807) is 0 Å². The van der Waals surface area contributed by atoms with E-state index in [2.05, 4.69) is 12.2 Å². The lowest BCUT2D eigenvalue weighted by Gasteiger charge is -2.37. The zero-order valence-corrected chi connectivity index (χ0v) is 9.17. The van der Waals surface area contributed by atoms with Crippen molar-refractivity contribution in [3.63, 3.8) is 0 Å². The number of hydrogen-bond donors (Lipinski definition) is 0. The molecule has 1 spiro atoms. The van der Waals surface area contributed by atoms with Gasteiger partial charge in [0.1, 0.15) is 0 Å². The summed E-state index contributed by atoms with van der Waals surface area (Å²) < 4.78 is 17.9. The van der Waals surface area contributed by atoms with E-state index in [0.29, 0.717) is 41.7 Å². The van der Waals surface area contributed by atoms with Crippen molar-refractivity contribution in [2.45, 2.75) is 37.3 Å². The fourth-order valence-corrected chi connectivity index (χ4v) is 4.83. The van der Waals surface area contributed by atoms with Gasteiger partial charge >= 0.3 is 0 Å². The normalized spacial score (nSPS) is 65.0. The van der Waals surface area contributed by atoms with Crippen LogP contribution in [0.3, 0.4) is 0 Å². The summed E-state index contributed by atoms with van der Waals surface area (Å²) in [4.78, 5) is 0. The van der Waals surface area contributed by atoms with Gasteiger partial charge in [-0.15, -0.1) is 0 Å². The lowest BCUT2D eigenvalue weighted by molar-refractivity contribution is -0.0104. The van der Waals surface area contributed by atoms with E-state index in [1.165, 1.54) is 12.8 Å². The molecule has 0 N–H and O–H groups in total. The zero-order valence-electron chi connectivity index (χ0n) is 9.17. The highest BCUT2D eigenvalue weighted by atomic mass is 16.6. The Balaban J connectivity index is 1.58. The molecule has 7 atom stereocenters. The van der Waals surface area contributed by atoms with Crippen molar-refractivity contribution >= 4 is 0 Å². The van der Waals surface area contributed by atoms with Crippen molar-refractivity contribution in [3.05, 3.63) is 12.2 Å². The quantitative estimate of drug-likeness (QED) is 0.573. The van der Waals surface area contributed by atoms with Crippen molar-refractivity contribution in [1.82, 2.24) is 0 Å². The first-order valence-corrected chi connectivity index (χ1v) is 6.44. The molecule has 0 radical (unpaired) electrons. The Labute approximate surface area is 94.7 Å². The SMILES string of the molecule is C1=CC2OC1C1C3CC4(CCOC4)C(O3)C21. The van der Waals surface area contributed by atoms with Gasteiger partial charge in [0.2, 0.25) is 0 Å². The Bertz CT molecular complexity index is 371. The van der Waals surface area contributed by atoms with Gasteiger partial charge < -0.3 is 14.2 Å². The van der Waals surface area contributed by atoms with Crippen LogP contribution in [0.2, 0.25) is 0 Å². The third kappa shape index (κ3) is 0.783. The molecule has 3 heteroatoms. The second-order valence-electron chi connectivity index (χ2n) is 6.07. The van der Waals surface area contributed by atoms with Crippen molar-refractivity contribution in [1.29, 1.82) is 0 Å². The van der Waals surface area contributed by atoms with Crippen molar-refractivity contribution in [2.75, 3.05) is 13.2 Å². The fourth-order valence-electron chi connectivity index (χ4n) is 4.83. The van der Waals surface area contributed by atoms with Crippen LogP contribution in [0.4, 0.5) is 0 Å². The molecule has 3 nitrogen and oxygen atoms in total. The van der Waals surface area contributed by atoms with Gasteiger partial charge in [0, 0.05) is 23.9 Å². The molecule has 5 rings (SSSR count). The Morgan fingerprint density at radius 2 is 1.94 bits per heavy atom. The van der Waals surface area contributed by atoms with E-state index in [-0.39, 0.29) is 0 Å². The molecule has 0 aromatic rings. The van der Waals surface area contributed by atoms with Crippen molar-refractivity contribution in [2.24, 2.45) is 17.3 Å². The summed E-state index contributed by atoms with van der Waals surface area (Å²) >= 11 is 0. The third-order valence-corrected chi connectivity index (χ3v) is 5.45. The lowest BCUT2D eigenvalue weighted by atomic mass is 9.62. The molecule has 0 saturated carbocycles. The van der Waals surface area contributed by atoms with Crippen LogP contribution >= 0.6 is 0 Å². The highest BCUT2D eigenvalue weighted by Gasteiger charge is 2.68. The molecule has 0 amide bonds. The van der Waals surface area contributed by atoms with E-state index >= 15 is 0 Å². The predicted molar refractivity (Wildman–Crippen MR) is 55.9 cm³/mol. The van der Waals surface area contributed by atoms with Crippen molar-refractivity contribution in [3.8, 4) is 0 Å². The van der Waals surface area contributed by atoms with Gasteiger partial charge in [-0.25, -0.2) is 0 Å². The highest BCUT2D eigenvalue weighted by Crippen LogP contribution is 2.62. The van der Waals surface area contributed by atoms with Gasteiger partial charge in [-0.2, -0.15) is 0 Å². The molecule has 5 aliphatic rings. The second kappa shape index (κ2) is 2.55. The summed E-state index contributed by atoms with van der Waals surface area (Å²) in [6.45, 7) is 1.84. The smallest absolute Gasteiger partial charge is 0.0822 e. The van der Waals surface area contributed by atoms with E-state index in [9.17, 15) is 0 Å². The molecule has 86 valence electrons. The molecule has 0 aliphatic carbocycles. The van der Waals surface area contributed by atoms with Crippen LogP contribution in [-0.4, -0.2) is 37.6 Å². The van der Waals surface area contributed by atoms with E-state index in [4.69, 9.17) is 14.2 Å². The third-order valence-electron chi connectivity index (χ3n) is 5.45. The number of ether oxygens (including phenoxy) is 3. The molecular formula is C13H16O3. The van der Waals surface area contributed by atoms with Crippen LogP contribution < -0.4 is 0 Å². The maximum absolute atomic E-state index is 6.26. The minimum atomic E-state index is 0.336. The van der Waals surface area contributed by atoms with Gasteiger partial charge in [0.15, 0.2) is 0 Å². The Kier molecular flexibility index (Phi) is 1.38. The monoisotopic (exact) mass is 220 g/mol. The average molecular weight is 220 g/mol. The standard InChI is InChI=1S/C13H16O3/c1-2-8-11-10(7(1)15-8)9-5-13(12(11)16-9)3-4-14-6-13/h1-2,7-12H,3-6H2. The lowest BCUT2D eigenvalue weighted by Crippen LogP contribution is -2.45. The summed E-state index contributed by atoms with van der Waals surface area (Å²) in [6, 6.07) is 0. The van der Waals surface area contributed by atoms with Gasteiger partial charge in [-0.1, -0.05) is 12.2 Å². The van der Waals surface area contributed by atoms with Gasteiger partial charge in [-0.05, 0) is 12.8 Å². The molecule has 5 heterocycles. The molecular weight excluding hydrogens is 204 g/mol. The number of fused-ring (bicyclic) bond motifs is 10. The topological polar surface area (TPSA) is 27.7 Å². The molecule has 16 heavy (non-hydrogen) atoms. The number of hydrogen-bond acceptors (Lipinski definition) is 3. The van der Waals surface area contributed by atoms with Crippen LogP contribution in [0.25, 0.3) is 0 Å². The van der Waals surface area contributed by atoms with Gasteiger partial charge in [0.25, 0.3) is 0 Å². The first kappa shape index (κ1) is 8.67. The van der Waals surface area contributed by atoms with E-state index in [1.807, 2.05) is 0 Å². The highest BCUT2D eigenvalue weighted by molar-refractivity contribution is 5.24. The molecule has 0 aromatic carbocycles. The fraction of sp³-hybridized carbons (Fsp3) is 0.846. The summed E-state index contributed by atoms with van der Waals surface area (Å²) in [5, 5.41) is 0. The molecule has 4 fully saturated rings. The minimum Gasteiger partial charge on any atom is -0.381 e. The summed E-state index contributed by atoms with van der Waals surface area (Å²) in [7, 11) is 0. The van der Waals surface area contributed by atoms with E-state index < -0.39 is 0 Å². The molecule has 4 bridgehead atoms. The molecule has 4 saturated heterocycles. The maximum Gasteiger partial charge on any atom is 0.0822 e. The molecule has 5 aliphatic heterocycles. The van der Waals surface area contributed by atoms with Crippen LogP contribution in [0, 0.1) is 17.3 Å². The van der Waals surface area contributed by atoms with Crippen LogP contribution in [0.1, 0.15) is 12.8 Å². The number of rotatable bonds is 0. The van der Waals surface area contributed by atoms with Crippen LogP contribution in [0.15, 0.2) is 12.2 Å². The first-order chi connectivity index (χ1) is 7.87. The maximum atomic E-state index is 6.26. The predicted octanol–water partition coefficient (Wildman–Crippen LogP) is 1.13. The largest absolute Gasteiger partial charge is 0.381 e. The minimum absolute atomic E-state index is 0.336. The Hall–Kier alpha value is -0.380. The first-order valence-electron chi connectivity index (χ1n) is 6.44.